The Balaban J connectivity index is 2.07. The molecule has 1 aliphatic rings. The summed E-state index contributed by atoms with van der Waals surface area (Å²) in [6, 6.07) is 5.67. The first-order valence-electron chi connectivity index (χ1n) is 6.28. The van der Waals surface area contributed by atoms with Crippen molar-refractivity contribution in [2.75, 3.05) is 16.8 Å². The molecule has 5 heteroatoms. The van der Waals surface area contributed by atoms with E-state index in [1.54, 1.807) is 6.07 Å². The van der Waals surface area contributed by atoms with Crippen molar-refractivity contribution in [3.8, 4) is 0 Å². The fraction of sp³-hybridized carbons (Fsp3) is 0.571. The molecule has 1 heterocycles. The molecular formula is C14H18F3NS. The van der Waals surface area contributed by atoms with Crippen molar-refractivity contribution in [1.82, 2.24) is 0 Å². The Hall–Kier alpha value is -0.840. The van der Waals surface area contributed by atoms with Crippen molar-refractivity contribution in [1.29, 1.82) is 0 Å². The van der Waals surface area contributed by atoms with Gasteiger partial charge < -0.3 is 5.32 Å². The number of benzene rings is 1. The minimum Gasteiger partial charge on any atom is -0.381 e. The van der Waals surface area contributed by atoms with Crippen molar-refractivity contribution in [3.05, 3.63) is 29.8 Å². The molecule has 1 unspecified atom stereocenters. The zero-order valence-electron chi connectivity index (χ0n) is 11.1. The van der Waals surface area contributed by atoms with E-state index in [4.69, 9.17) is 0 Å². The lowest BCUT2D eigenvalue weighted by molar-refractivity contribution is -0.137. The number of hydrogen-bond donors (Lipinski definition) is 1. The summed E-state index contributed by atoms with van der Waals surface area (Å²) in [5, 5.41) is 3.23. The van der Waals surface area contributed by atoms with E-state index < -0.39 is 11.7 Å². The van der Waals surface area contributed by atoms with Crippen LogP contribution in [0, 0.1) is 5.41 Å². The van der Waals surface area contributed by atoms with Crippen LogP contribution in [0.25, 0.3) is 0 Å². The molecule has 1 aromatic rings. The van der Waals surface area contributed by atoms with Crippen LogP contribution in [0.2, 0.25) is 0 Å². The third-order valence-electron chi connectivity index (χ3n) is 3.17. The quantitative estimate of drug-likeness (QED) is 0.850. The van der Waals surface area contributed by atoms with Gasteiger partial charge in [0.05, 0.1) is 5.56 Å². The summed E-state index contributed by atoms with van der Waals surface area (Å²) in [6.07, 6.45) is -3.30. The molecule has 0 aromatic heterocycles. The van der Waals surface area contributed by atoms with Gasteiger partial charge in [0.15, 0.2) is 0 Å². The van der Waals surface area contributed by atoms with Gasteiger partial charge in [0.1, 0.15) is 0 Å². The van der Waals surface area contributed by atoms with Crippen molar-refractivity contribution < 1.29 is 13.2 Å². The zero-order chi connectivity index (χ0) is 14.1. The van der Waals surface area contributed by atoms with Gasteiger partial charge in [0.25, 0.3) is 0 Å². The third kappa shape index (κ3) is 4.06. The molecule has 1 aliphatic heterocycles. The first-order chi connectivity index (χ1) is 8.76. The molecule has 0 saturated carbocycles. The molecule has 0 bridgehead atoms. The number of anilines is 1. The van der Waals surface area contributed by atoms with Gasteiger partial charge >= 0.3 is 6.18 Å². The Kier molecular flexibility index (Phi) is 4.04. The molecule has 1 atom stereocenters. The molecule has 0 radical (unpaired) electrons. The Morgan fingerprint density at radius 3 is 2.68 bits per heavy atom. The van der Waals surface area contributed by atoms with E-state index in [2.05, 4.69) is 19.2 Å². The van der Waals surface area contributed by atoms with Crippen LogP contribution < -0.4 is 5.32 Å². The van der Waals surface area contributed by atoms with Crippen molar-refractivity contribution >= 4 is 17.4 Å². The van der Waals surface area contributed by atoms with Gasteiger partial charge in [-0.05, 0) is 35.8 Å². The van der Waals surface area contributed by atoms with Gasteiger partial charge in [0.2, 0.25) is 0 Å². The number of thioether (sulfide) groups is 1. The maximum absolute atomic E-state index is 12.6. The van der Waals surface area contributed by atoms with Crippen molar-refractivity contribution in [2.24, 2.45) is 5.41 Å². The van der Waals surface area contributed by atoms with Gasteiger partial charge in [-0.25, -0.2) is 0 Å². The van der Waals surface area contributed by atoms with Crippen molar-refractivity contribution in [2.45, 2.75) is 32.5 Å². The molecule has 0 spiro atoms. The van der Waals surface area contributed by atoms with Crippen LogP contribution in [0.4, 0.5) is 18.9 Å². The molecule has 106 valence electrons. The van der Waals surface area contributed by atoms with Gasteiger partial charge in [-0.15, -0.1) is 0 Å². The van der Waals surface area contributed by atoms with E-state index in [0.29, 0.717) is 5.69 Å². The average Bonchev–Trinajstić information content (AvgIpc) is 2.26. The smallest absolute Gasteiger partial charge is 0.381 e. The minimum atomic E-state index is -4.28. The van der Waals surface area contributed by atoms with Crippen LogP contribution in [0.15, 0.2) is 24.3 Å². The molecule has 1 nitrogen and oxygen atoms in total. The van der Waals surface area contributed by atoms with Crippen LogP contribution in [-0.4, -0.2) is 17.5 Å². The van der Waals surface area contributed by atoms with Crippen LogP contribution in [-0.2, 0) is 6.18 Å². The molecule has 19 heavy (non-hydrogen) atoms. The van der Waals surface area contributed by atoms with Crippen molar-refractivity contribution in [3.63, 3.8) is 0 Å². The lowest BCUT2D eigenvalue weighted by Crippen LogP contribution is -2.35. The van der Waals surface area contributed by atoms with Crippen LogP contribution in [0.1, 0.15) is 25.8 Å². The highest BCUT2D eigenvalue weighted by molar-refractivity contribution is 7.99. The Labute approximate surface area is 116 Å². The van der Waals surface area contributed by atoms with Gasteiger partial charge in [0, 0.05) is 17.5 Å². The number of hydrogen-bond acceptors (Lipinski definition) is 2. The number of rotatable bonds is 2. The largest absolute Gasteiger partial charge is 0.416 e. The highest BCUT2D eigenvalue weighted by Gasteiger charge is 2.31. The Morgan fingerprint density at radius 1 is 1.32 bits per heavy atom. The lowest BCUT2D eigenvalue weighted by atomic mass is 9.88. The highest BCUT2D eigenvalue weighted by Crippen LogP contribution is 2.35. The summed E-state index contributed by atoms with van der Waals surface area (Å²) < 4.78 is 37.9. The van der Waals surface area contributed by atoms with Gasteiger partial charge in [-0.3, -0.25) is 0 Å². The van der Waals surface area contributed by atoms with E-state index in [1.807, 2.05) is 11.8 Å². The predicted octanol–water partition coefficient (Wildman–Crippen LogP) is 4.65. The minimum absolute atomic E-state index is 0.234. The van der Waals surface area contributed by atoms with E-state index in [1.165, 1.54) is 12.1 Å². The maximum Gasteiger partial charge on any atom is 0.416 e. The van der Waals surface area contributed by atoms with E-state index in [-0.39, 0.29) is 11.5 Å². The van der Waals surface area contributed by atoms with Crippen LogP contribution in [0.5, 0.6) is 0 Å². The van der Waals surface area contributed by atoms with E-state index in [0.717, 1.165) is 24.0 Å². The summed E-state index contributed by atoms with van der Waals surface area (Å²) in [5.41, 5.74) is 0.195. The fourth-order valence-electron chi connectivity index (χ4n) is 2.38. The van der Waals surface area contributed by atoms with Gasteiger partial charge in [-0.1, -0.05) is 19.9 Å². The normalized spacial score (nSPS) is 23.1. The second kappa shape index (κ2) is 5.27. The Bertz CT molecular complexity index is 443. The molecule has 1 fully saturated rings. The van der Waals surface area contributed by atoms with Gasteiger partial charge in [-0.2, -0.15) is 24.9 Å². The number of alkyl halides is 3. The van der Waals surface area contributed by atoms with Crippen LogP contribution >= 0.6 is 11.8 Å². The summed E-state index contributed by atoms with van der Waals surface area (Å²) >= 11 is 1.85. The topological polar surface area (TPSA) is 12.0 Å². The summed E-state index contributed by atoms with van der Waals surface area (Å²) in [4.78, 5) is 0. The molecule has 1 saturated heterocycles. The number of nitrogens with one attached hydrogen (secondary N) is 1. The molecule has 0 amide bonds. The number of halogens is 3. The molecular weight excluding hydrogens is 271 g/mol. The van der Waals surface area contributed by atoms with E-state index >= 15 is 0 Å². The fourth-order valence-corrected chi connectivity index (χ4v) is 3.65. The van der Waals surface area contributed by atoms with E-state index in [9.17, 15) is 13.2 Å². The standard InChI is InChI=1S/C14H18F3NS/c1-13(2)7-12(8-19-9-13)18-11-5-3-4-10(6-11)14(15,16)17/h3-6,12,18H,7-9H2,1-2H3. The Morgan fingerprint density at radius 2 is 2.05 bits per heavy atom. The second-order valence-corrected chi connectivity index (χ2v) is 6.83. The zero-order valence-corrected chi connectivity index (χ0v) is 11.9. The maximum atomic E-state index is 12.6. The molecule has 1 N–H and O–H groups in total. The second-order valence-electron chi connectivity index (χ2n) is 5.80. The average molecular weight is 289 g/mol. The van der Waals surface area contributed by atoms with Crippen LogP contribution in [0.3, 0.4) is 0 Å². The molecule has 2 rings (SSSR count). The highest BCUT2D eigenvalue weighted by atomic mass is 32.2. The predicted molar refractivity (Wildman–Crippen MR) is 74.6 cm³/mol. The third-order valence-corrected chi connectivity index (χ3v) is 4.80. The SMILES string of the molecule is CC1(C)CSCC(Nc2cccc(C(F)(F)F)c2)C1. The lowest BCUT2D eigenvalue weighted by Gasteiger charge is -2.35. The summed E-state index contributed by atoms with van der Waals surface area (Å²) in [7, 11) is 0. The first-order valence-corrected chi connectivity index (χ1v) is 7.43. The summed E-state index contributed by atoms with van der Waals surface area (Å²) in [5.74, 6) is 2.05. The monoisotopic (exact) mass is 289 g/mol. The molecule has 1 aromatic carbocycles. The summed E-state index contributed by atoms with van der Waals surface area (Å²) in [6.45, 7) is 4.39. The molecule has 0 aliphatic carbocycles. The first kappa shape index (κ1) is 14.6.